The van der Waals surface area contributed by atoms with Gasteiger partial charge in [0.15, 0.2) is 6.10 Å². The number of aliphatic hydroxyl groups is 1. The third-order valence-electron chi connectivity index (χ3n) is 6.72. The summed E-state index contributed by atoms with van der Waals surface area (Å²) >= 11 is 3.34. The van der Waals surface area contributed by atoms with Gasteiger partial charge in [0.1, 0.15) is 11.5 Å². The van der Waals surface area contributed by atoms with E-state index < -0.39 is 79.4 Å². The number of phenolic OH excluding ortho intramolecular Hbond substituents is 1. The second-order valence-corrected chi connectivity index (χ2v) is 10.5. The lowest BCUT2D eigenvalue weighted by atomic mass is 9.71. The molecule has 1 heterocycles. The highest BCUT2D eigenvalue weighted by molar-refractivity contribution is 9.09. The summed E-state index contributed by atoms with van der Waals surface area (Å²) in [5.41, 5.74) is 1.84. The van der Waals surface area contributed by atoms with Crippen LogP contribution in [-0.4, -0.2) is 74.2 Å². The van der Waals surface area contributed by atoms with Gasteiger partial charge in [-0.3, -0.25) is 14.4 Å². The molecule has 3 rings (SSSR count). The van der Waals surface area contributed by atoms with Crippen molar-refractivity contribution in [3.8, 4) is 11.5 Å². The second kappa shape index (κ2) is 16.7. The molecule has 1 aliphatic rings. The molecule has 6 atom stereocenters. The summed E-state index contributed by atoms with van der Waals surface area (Å²) in [4.78, 5) is 46.8. The van der Waals surface area contributed by atoms with Gasteiger partial charge in [-0.05, 0) is 54.7 Å². The fourth-order valence-corrected chi connectivity index (χ4v) is 5.15. The van der Waals surface area contributed by atoms with Crippen molar-refractivity contribution in [2.24, 2.45) is 17.8 Å². The molecule has 1 aliphatic heterocycles. The number of hydrogen-bond acceptors (Lipinski definition) is 9. The van der Waals surface area contributed by atoms with E-state index >= 15 is 0 Å². The van der Waals surface area contributed by atoms with E-state index in [1.54, 1.807) is 31.2 Å². The highest BCUT2D eigenvalue weighted by Crippen LogP contribution is 2.42. The molecule has 0 aliphatic carbocycles. The molecule has 0 bridgehead atoms. The zero-order valence-corrected chi connectivity index (χ0v) is 24.7. The molecule has 5 N–H and O–H groups in total. The highest BCUT2D eigenvalue weighted by atomic mass is 79.9. The number of aliphatic hydroxyl groups excluding tert-OH is 1. The lowest BCUT2D eigenvalue weighted by molar-refractivity contribution is -0.233. The van der Waals surface area contributed by atoms with E-state index in [0.29, 0.717) is 11.3 Å². The van der Waals surface area contributed by atoms with Gasteiger partial charge in [0.2, 0.25) is 6.29 Å². The van der Waals surface area contributed by atoms with Crippen molar-refractivity contribution >= 4 is 39.8 Å². The molecular formula is C29H35BrO12. The first-order valence-electron chi connectivity index (χ1n) is 13.0. The van der Waals surface area contributed by atoms with Gasteiger partial charge >= 0.3 is 23.9 Å². The normalized spacial score (nSPS) is 22.1. The average Bonchev–Trinajstić information content (AvgIpc) is 2.92. The summed E-state index contributed by atoms with van der Waals surface area (Å²) in [5, 5.41) is 47.6. The molecule has 42 heavy (non-hydrogen) atoms. The molecule has 13 heteroatoms. The first kappa shape index (κ1) is 34.5. The van der Waals surface area contributed by atoms with Gasteiger partial charge < -0.3 is 39.7 Å². The molecule has 0 aromatic heterocycles. The Balaban J connectivity index is 0.000000518. The standard InChI is InChI=1S/C21H26O11.C8H9BrO/c1-10(22)11-3-5-12(6-4-11)31-21-15(9-18(27)28)13(7-16(23)24)14(8-17(25)26)19(32-21)20(29)30-2;9-6-5-7-1-3-8(10)4-2-7/h3-6,10,13-15,19,21-22H,7-9H2,1-2H3,(H,23,24)(H,25,26)(H,27,28);1-4,10H,5-6H2/t10?,13-,14-,15+,19-,21+;/m0./s1. The quantitative estimate of drug-likeness (QED) is 0.165. The fraction of sp³-hybridized carbons (Fsp3) is 0.448. The summed E-state index contributed by atoms with van der Waals surface area (Å²) in [6, 6.07) is 13.4. The summed E-state index contributed by atoms with van der Waals surface area (Å²) in [7, 11) is 1.07. The molecule has 0 spiro atoms. The Bertz CT molecular complexity index is 1180. The number of carboxylic acids is 3. The number of methoxy groups -OCH3 is 1. The molecular weight excluding hydrogens is 620 g/mol. The monoisotopic (exact) mass is 654 g/mol. The second-order valence-electron chi connectivity index (χ2n) is 9.70. The number of carbonyl (C=O) groups excluding carboxylic acids is 1. The van der Waals surface area contributed by atoms with Crippen molar-refractivity contribution < 1.29 is 58.9 Å². The molecule has 0 saturated carbocycles. The Morgan fingerprint density at radius 3 is 1.86 bits per heavy atom. The summed E-state index contributed by atoms with van der Waals surface area (Å²) in [6.45, 7) is 1.57. The van der Waals surface area contributed by atoms with Crippen LogP contribution in [0.5, 0.6) is 11.5 Å². The average molecular weight is 655 g/mol. The van der Waals surface area contributed by atoms with Crippen LogP contribution in [0.15, 0.2) is 48.5 Å². The molecule has 230 valence electrons. The van der Waals surface area contributed by atoms with E-state index in [1.165, 1.54) is 17.7 Å². The van der Waals surface area contributed by atoms with Crippen molar-refractivity contribution in [2.75, 3.05) is 12.4 Å². The van der Waals surface area contributed by atoms with Gasteiger partial charge in [-0.1, -0.05) is 40.2 Å². The minimum Gasteiger partial charge on any atom is -0.508 e. The number of benzene rings is 2. The van der Waals surface area contributed by atoms with Gasteiger partial charge in [0.05, 0.1) is 26.1 Å². The smallest absolute Gasteiger partial charge is 0.335 e. The van der Waals surface area contributed by atoms with Crippen molar-refractivity contribution in [3.63, 3.8) is 0 Å². The molecule has 1 unspecified atom stereocenters. The Hall–Kier alpha value is -3.68. The Labute approximate surface area is 251 Å². The van der Waals surface area contributed by atoms with E-state index in [4.69, 9.17) is 19.3 Å². The molecule has 12 nitrogen and oxygen atoms in total. The maximum atomic E-state index is 12.3. The highest BCUT2D eigenvalue weighted by Gasteiger charge is 2.51. The van der Waals surface area contributed by atoms with Gasteiger partial charge in [0, 0.05) is 23.6 Å². The fourth-order valence-electron chi connectivity index (χ4n) is 4.70. The topological polar surface area (TPSA) is 197 Å². The maximum Gasteiger partial charge on any atom is 0.335 e. The molecule has 0 amide bonds. The van der Waals surface area contributed by atoms with E-state index in [1.807, 2.05) is 12.1 Å². The van der Waals surface area contributed by atoms with Crippen LogP contribution < -0.4 is 4.74 Å². The van der Waals surface area contributed by atoms with Crippen molar-refractivity contribution in [2.45, 2.75) is 51.1 Å². The number of alkyl halides is 1. The zero-order chi connectivity index (χ0) is 31.4. The minimum atomic E-state index is -1.47. The van der Waals surface area contributed by atoms with E-state index in [0.717, 1.165) is 18.9 Å². The van der Waals surface area contributed by atoms with Gasteiger partial charge in [-0.25, -0.2) is 4.79 Å². The number of aryl methyl sites for hydroxylation is 1. The number of carboxylic acid groups (broad SMARTS) is 3. The van der Waals surface area contributed by atoms with Gasteiger partial charge in [0.25, 0.3) is 0 Å². The molecule has 1 fully saturated rings. The van der Waals surface area contributed by atoms with Gasteiger partial charge in [-0.15, -0.1) is 0 Å². The first-order chi connectivity index (χ1) is 19.9. The lowest BCUT2D eigenvalue weighted by Gasteiger charge is -2.44. The van der Waals surface area contributed by atoms with E-state index in [9.17, 15) is 39.6 Å². The number of hydrogen-bond donors (Lipinski definition) is 5. The number of rotatable bonds is 12. The number of aliphatic carboxylic acids is 3. The number of carbonyl (C=O) groups is 4. The number of esters is 1. The van der Waals surface area contributed by atoms with Crippen LogP contribution in [0, 0.1) is 17.8 Å². The van der Waals surface area contributed by atoms with E-state index in [2.05, 4.69) is 15.9 Å². The molecule has 2 aromatic carbocycles. The Morgan fingerprint density at radius 1 is 0.857 bits per heavy atom. The Kier molecular flexibility index (Phi) is 13.7. The maximum absolute atomic E-state index is 12.3. The van der Waals surface area contributed by atoms with Crippen LogP contribution in [0.4, 0.5) is 0 Å². The zero-order valence-electron chi connectivity index (χ0n) is 23.1. The minimum absolute atomic E-state index is 0.226. The van der Waals surface area contributed by atoms with Crippen LogP contribution in [0.2, 0.25) is 0 Å². The van der Waals surface area contributed by atoms with Crippen molar-refractivity contribution in [3.05, 3.63) is 59.7 Å². The largest absolute Gasteiger partial charge is 0.508 e. The summed E-state index contributed by atoms with van der Waals surface area (Å²) in [6.07, 6.45) is -4.32. The van der Waals surface area contributed by atoms with Crippen LogP contribution in [0.25, 0.3) is 0 Å². The number of phenols is 1. The van der Waals surface area contributed by atoms with E-state index in [-0.39, 0.29) is 5.75 Å². The third kappa shape index (κ3) is 10.6. The predicted octanol–water partition coefficient (Wildman–Crippen LogP) is 3.62. The number of halogens is 1. The number of ether oxygens (including phenoxy) is 3. The third-order valence-corrected chi connectivity index (χ3v) is 7.11. The SMILES string of the molecule is COC(=O)[C@H]1O[C@@H](Oc2ccc(C(C)O)cc2)[C@H](CC(=O)O)[C@@H](CC(=O)O)[C@@H]1CC(=O)O.Oc1ccc(CCBr)cc1. The molecule has 1 saturated heterocycles. The van der Waals surface area contributed by atoms with Crippen LogP contribution in [0.3, 0.4) is 0 Å². The molecule has 0 radical (unpaired) electrons. The molecule has 2 aromatic rings. The van der Waals surface area contributed by atoms with Crippen molar-refractivity contribution in [1.82, 2.24) is 0 Å². The van der Waals surface area contributed by atoms with Gasteiger partial charge in [-0.2, -0.15) is 0 Å². The van der Waals surface area contributed by atoms with Crippen LogP contribution in [-0.2, 0) is 35.1 Å². The van der Waals surface area contributed by atoms with Crippen molar-refractivity contribution in [1.29, 1.82) is 0 Å². The summed E-state index contributed by atoms with van der Waals surface area (Å²) in [5.74, 6) is -7.47. The number of aromatic hydroxyl groups is 1. The van der Waals surface area contributed by atoms with Crippen LogP contribution in [0.1, 0.15) is 43.4 Å². The first-order valence-corrected chi connectivity index (χ1v) is 14.2. The van der Waals surface area contributed by atoms with Crippen LogP contribution >= 0.6 is 15.9 Å². The predicted molar refractivity (Wildman–Crippen MR) is 151 cm³/mol. The summed E-state index contributed by atoms with van der Waals surface area (Å²) < 4.78 is 16.2. The Morgan fingerprint density at radius 2 is 1.38 bits per heavy atom. The lowest BCUT2D eigenvalue weighted by Crippen LogP contribution is -2.54.